The number of aryl methyl sites for hydroxylation is 1. The summed E-state index contributed by atoms with van der Waals surface area (Å²) in [5, 5.41) is 0. The zero-order valence-electron chi connectivity index (χ0n) is 10.7. The van der Waals surface area contributed by atoms with Gasteiger partial charge in [0.05, 0.1) is 6.04 Å². The van der Waals surface area contributed by atoms with Crippen molar-refractivity contribution in [3.8, 4) is 0 Å². The first kappa shape index (κ1) is 13.8. The van der Waals surface area contributed by atoms with Gasteiger partial charge in [0.25, 0.3) is 0 Å². The van der Waals surface area contributed by atoms with Gasteiger partial charge in [-0.3, -0.25) is 4.79 Å². The Bertz CT molecular complexity index is 401. The molecule has 1 atom stereocenters. The SMILES string of the molecule is Cc1cc(F)ccc1CC(=O)C(N)CC(C)C. The Kier molecular flexibility index (Phi) is 4.82. The summed E-state index contributed by atoms with van der Waals surface area (Å²) in [5.74, 6) is 0.154. The van der Waals surface area contributed by atoms with Gasteiger partial charge < -0.3 is 5.73 Å². The fourth-order valence-corrected chi connectivity index (χ4v) is 1.82. The Balaban J connectivity index is 2.67. The van der Waals surface area contributed by atoms with Gasteiger partial charge in [0.2, 0.25) is 0 Å². The molecule has 0 aliphatic rings. The average Bonchev–Trinajstić information content (AvgIpc) is 2.21. The predicted octanol–water partition coefficient (Wildman–Crippen LogP) is 2.62. The zero-order chi connectivity index (χ0) is 13.0. The second-order valence-electron chi connectivity index (χ2n) is 4.95. The van der Waals surface area contributed by atoms with E-state index in [1.54, 1.807) is 13.0 Å². The quantitative estimate of drug-likeness (QED) is 0.855. The maximum atomic E-state index is 12.9. The van der Waals surface area contributed by atoms with Crippen LogP contribution in [0.2, 0.25) is 0 Å². The van der Waals surface area contributed by atoms with Crippen molar-refractivity contribution in [2.75, 3.05) is 0 Å². The molecule has 0 fully saturated rings. The highest BCUT2D eigenvalue weighted by Crippen LogP contribution is 2.13. The number of Topliss-reactive ketones (excluding diaryl/α,β-unsaturated/α-hetero) is 1. The van der Waals surface area contributed by atoms with Gasteiger partial charge in [0, 0.05) is 6.42 Å². The molecule has 0 aliphatic heterocycles. The maximum absolute atomic E-state index is 12.9. The smallest absolute Gasteiger partial charge is 0.153 e. The van der Waals surface area contributed by atoms with Gasteiger partial charge in [0.1, 0.15) is 5.82 Å². The number of rotatable bonds is 5. The summed E-state index contributed by atoms with van der Waals surface area (Å²) in [6.45, 7) is 5.88. The first-order valence-corrected chi connectivity index (χ1v) is 5.93. The van der Waals surface area contributed by atoms with Crippen LogP contribution in [0.1, 0.15) is 31.4 Å². The lowest BCUT2D eigenvalue weighted by molar-refractivity contribution is -0.120. The Labute approximate surface area is 102 Å². The van der Waals surface area contributed by atoms with Crippen molar-refractivity contribution in [1.29, 1.82) is 0 Å². The molecule has 94 valence electrons. The van der Waals surface area contributed by atoms with Crippen LogP contribution in [-0.2, 0) is 11.2 Å². The molecule has 17 heavy (non-hydrogen) atoms. The number of carbonyl (C=O) groups is 1. The molecule has 0 saturated heterocycles. The highest BCUT2D eigenvalue weighted by atomic mass is 19.1. The summed E-state index contributed by atoms with van der Waals surface area (Å²) < 4.78 is 12.9. The third kappa shape index (κ3) is 4.27. The van der Waals surface area contributed by atoms with Gasteiger partial charge in [-0.2, -0.15) is 0 Å². The lowest BCUT2D eigenvalue weighted by atomic mass is 9.95. The molecule has 1 aromatic carbocycles. The van der Waals surface area contributed by atoms with Crippen molar-refractivity contribution in [2.24, 2.45) is 11.7 Å². The molecular weight excluding hydrogens is 217 g/mol. The lowest BCUT2D eigenvalue weighted by Gasteiger charge is -2.13. The van der Waals surface area contributed by atoms with Crippen molar-refractivity contribution in [3.05, 3.63) is 35.1 Å². The summed E-state index contributed by atoms with van der Waals surface area (Å²) in [5.41, 5.74) is 7.48. The van der Waals surface area contributed by atoms with E-state index in [4.69, 9.17) is 5.73 Å². The molecule has 0 radical (unpaired) electrons. The van der Waals surface area contributed by atoms with Crippen molar-refractivity contribution in [1.82, 2.24) is 0 Å². The summed E-state index contributed by atoms with van der Waals surface area (Å²) in [6, 6.07) is 4.06. The number of benzene rings is 1. The Morgan fingerprint density at radius 3 is 2.59 bits per heavy atom. The molecule has 3 heteroatoms. The fraction of sp³-hybridized carbons (Fsp3) is 0.500. The van der Waals surface area contributed by atoms with Crippen LogP contribution in [-0.4, -0.2) is 11.8 Å². The fourth-order valence-electron chi connectivity index (χ4n) is 1.82. The molecule has 2 N–H and O–H groups in total. The first-order valence-electron chi connectivity index (χ1n) is 5.93. The van der Waals surface area contributed by atoms with Crippen LogP contribution in [0, 0.1) is 18.7 Å². The second kappa shape index (κ2) is 5.92. The monoisotopic (exact) mass is 237 g/mol. The molecule has 0 spiro atoms. The third-order valence-electron chi connectivity index (χ3n) is 2.81. The molecule has 0 aliphatic carbocycles. The zero-order valence-corrected chi connectivity index (χ0v) is 10.7. The number of nitrogens with two attached hydrogens (primary N) is 1. The highest BCUT2D eigenvalue weighted by molar-refractivity contribution is 5.86. The Hall–Kier alpha value is -1.22. The Morgan fingerprint density at radius 1 is 1.41 bits per heavy atom. The van der Waals surface area contributed by atoms with E-state index in [1.807, 2.05) is 13.8 Å². The van der Waals surface area contributed by atoms with Crippen LogP contribution in [0.5, 0.6) is 0 Å². The molecule has 1 rings (SSSR count). The predicted molar refractivity (Wildman–Crippen MR) is 67.3 cm³/mol. The van der Waals surface area contributed by atoms with Crippen LogP contribution in [0.25, 0.3) is 0 Å². The molecule has 0 amide bonds. The van der Waals surface area contributed by atoms with E-state index in [0.717, 1.165) is 11.1 Å². The lowest BCUT2D eigenvalue weighted by Crippen LogP contribution is -2.33. The van der Waals surface area contributed by atoms with E-state index in [-0.39, 0.29) is 11.6 Å². The average molecular weight is 237 g/mol. The van der Waals surface area contributed by atoms with E-state index in [1.165, 1.54) is 12.1 Å². The summed E-state index contributed by atoms with van der Waals surface area (Å²) in [7, 11) is 0. The van der Waals surface area contributed by atoms with E-state index in [2.05, 4.69) is 0 Å². The minimum Gasteiger partial charge on any atom is -0.321 e. The number of ketones is 1. The van der Waals surface area contributed by atoms with Crippen molar-refractivity contribution in [2.45, 2.75) is 39.7 Å². The van der Waals surface area contributed by atoms with Crippen LogP contribution < -0.4 is 5.73 Å². The van der Waals surface area contributed by atoms with E-state index >= 15 is 0 Å². The molecule has 2 nitrogen and oxygen atoms in total. The molecule has 1 unspecified atom stereocenters. The maximum Gasteiger partial charge on any atom is 0.153 e. The summed E-state index contributed by atoms with van der Waals surface area (Å²) in [4.78, 5) is 11.9. The van der Waals surface area contributed by atoms with Crippen molar-refractivity contribution in [3.63, 3.8) is 0 Å². The molecule has 0 saturated carbocycles. The minimum atomic E-state index is -0.417. The van der Waals surface area contributed by atoms with Crippen molar-refractivity contribution >= 4 is 5.78 Å². The summed E-state index contributed by atoms with van der Waals surface area (Å²) in [6.07, 6.45) is 0.985. The van der Waals surface area contributed by atoms with Crippen LogP contribution >= 0.6 is 0 Å². The van der Waals surface area contributed by atoms with Crippen molar-refractivity contribution < 1.29 is 9.18 Å². The Morgan fingerprint density at radius 2 is 2.06 bits per heavy atom. The van der Waals surface area contributed by atoms with Gasteiger partial charge in [0.15, 0.2) is 5.78 Å². The number of hydrogen-bond acceptors (Lipinski definition) is 2. The first-order chi connectivity index (χ1) is 7.90. The third-order valence-corrected chi connectivity index (χ3v) is 2.81. The normalized spacial score (nSPS) is 12.8. The number of carbonyl (C=O) groups excluding carboxylic acids is 1. The minimum absolute atomic E-state index is 0.0217. The van der Waals surface area contributed by atoms with Crippen LogP contribution in [0.15, 0.2) is 18.2 Å². The number of hydrogen-bond donors (Lipinski definition) is 1. The van der Waals surface area contributed by atoms with Gasteiger partial charge in [-0.15, -0.1) is 0 Å². The largest absolute Gasteiger partial charge is 0.321 e. The molecule has 0 heterocycles. The second-order valence-corrected chi connectivity index (χ2v) is 4.95. The van der Waals surface area contributed by atoms with Gasteiger partial charge in [-0.1, -0.05) is 19.9 Å². The van der Waals surface area contributed by atoms with Crippen LogP contribution in [0.4, 0.5) is 4.39 Å². The van der Waals surface area contributed by atoms with Crippen LogP contribution in [0.3, 0.4) is 0 Å². The molecule has 0 aromatic heterocycles. The van der Waals surface area contributed by atoms with Gasteiger partial charge >= 0.3 is 0 Å². The topological polar surface area (TPSA) is 43.1 Å². The number of halogens is 1. The molecular formula is C14H20FNO. The molecule has 1 aromatic rings. The highest BCUT2D eigenvalue weighted by Gasteiger charge is 2.16. The van der Waals surface area contributed by atoms with E-state index in [0.29, 0.717) is 18.8 Å². The summed E-state index contributed by atoms with van der Waals surface area (Å²) >= 11 is 0. The molecule has 0 bridgehead atoms. The van der Waals surface area contributed by atoms with Gasteiger partial charge in [-0.05, 0) is 42.5 Å². The van der Waals surface area contributed by atoms with Gasteiger partial charge in [-0.25, -0.2) is 4.39 Å². The standard InChI is InChI=1S/C14H20FNO/c1-9(2)6-13(16)14(17)8-11-4-5-12(15)7-10(11)3/h4-5,7,9,13H,6,8,16H2,1-3H3. The van der Waals surface area contributed by atoms with E-state index < -0.39 is 6.04 Å². The van der Waals surface area contributed by atoms with E-state index in [9.17, 15) is 9.18 Å².